The number of hydrogen-bond donors (Lipinski definition) is 1. The van der Waals surface area contributed by atoms with Crippen molar-refractivity contribution in [3.63, 3.8) is 0 Å². The fraction of sp³-hybridized carbons (Fsp3) is 0.800. The summed E-state index contributed by atoms with van der Waals surface area (Å²) in [6, 6.07) is -1.73. The molecule has 1 rings (SSSR count). The van der Waals surface area contributed by atoms with E-state index in [4.69, 9.17) is 4.74 Å². The molecule has 0 bridgehead atoms. The van der Waals surface area contributed by atoms with Crippen LogP contribution in [0.1, 0.15) is 37.4 Å². The summed E-state index contributed by atoms with van der Waals surface area (Å²) in [5.74, 6) is 0. The molecule has 0 aliphatic carbocycles. The summed E-state index contributed by atoms with van der Waals surface area (Å²) in [6.07, 6.45) is -4.87. The Balaban J connectivity index is 3.19. The Morgan fingerprint density at radius 1 is 1.39 bits per heavy atom. The first-order valence-corrected chi connectivity index (χ1v) is 5.51. The van der Waals surface area contributed by atoms with Gasteiger partial charge in [-0.25, -0.2) is 4.68 Å². The maximum absolute atomic E-state index is 12.7. The molecule has 1 aromatic rings. The van der Waals surface area contributed by atoms with E-state index in [1.807, 2.05) is 0 Å². The molecule has 0 fully saturated rings. The Bertz CT molecular complexity index is 391. The molecule has 8 heteroatoms. The predicted octanol–water partition coefficient (Wildman–Crippen LogP) is 1.83. The highest BCUT2D eigenvalue weighted by atomic mass is 19.4. The van der Waals surface area contributed by atoms with Gasteiger partial charge in [0.1, 0.15) is 11.7 Å². The van der Waals surface area contributed by atoms with Gasteiger partial charge in [-0.3, -0.25) is 0 Å². The van der Waals surface area contributed by atoms with Crippen molar-refractivity contribution in [1.82, 2.24) is 20.3 Å². The molecule has 0 spiro atoms. The van der Waals surface area contributed by atoms with Crippen LogP contribution in [0.25, 0.3) is 0 Å². The van der Waals surface area contributed by atoms with Crippen LogP contribution in [0.3, 0.4) is 0 Å². The fourth-order valence-corrected chi connectivity index (χ4v) is 1.58. The second-order valence-corrected chi connectivity index (χ2v) is 3.99. The van der Waals surface area contributed by atoms with Gasteiger partial charge in [0.25, 0.3) is 0 Å². The van der Waals surface area contributed by atoms with Crippen LogP contribution in [0.15, 0.2) is 0 Å². The number of nitrogens with zero attached hydrogens (tertiary/aromatic N) is 3. The zero-order chi connectivity index (χ0) is 13.9. The van der Waals surface area contributed by atoms with E-state index in [0.29, 0.717) is 17.9 Å². The highest BCUT2D eigenvalue weighted by Gasteiger charge is 2.40. The summed E-state index contributed by atoms with van der Waals surface area (Å²) in [4.78, 5) is 0. The van der Waals surface area contributed by atoms with Gasteiger partial charge < -0.3 is 10.1 Å². The molecular formula is C10H17F3N4O. The van der Waals surface area contributed by atoms with E-state index < -0.39 is 18.3 Å². The highest BCUT2D eigenvalue weighted by molar-refractivity contribution is 5.14. The number of halogens is 3. The monoisotopic (exact) mass is 266 g/mol. The van der Waals surface area contributed by atoms with Crippen LogP contribution in [0.4, 0.5) is 13.2 Å². The smallest absolute Gasteiger partial charge is 0.375 e. The molecule has 2 atom stereocenters. The Morgan fingerprint density at radius 2 is 2.00 bits per heavy atom. The van der Waals surface area contributed by atoms with Gasteiger partial charge in [-0.2, -0.15) is 13.2 Å². The Labute approximate surface area is 103 Å². The Morgan fingerprint density at radius 3 is 2.44 bits per heavy atom. The molecular weight excluding hydrogens is 249 g/mol. The van der Waals surface area contributed by atoms with Gasteiger partial charge in [0.15, 0.2) is 0 Å². The quantitative estimate of drug-likeness (QED) is 0.883. The number of ether oxygens (including phenoxy) is 1. The number of rotatable bonds is 5. The Hall–Kier alpha value is -1.15. The van der Waals surface area contributed by atoms with Crippen LogP contribution in [0.5, 0.6) is 0 Å². The number of alkyl halides is 3. The van der Waals surface area contributed by atoms with Crippen molar-refractivity contribution < 1.29 is 17.9 Å². The minimum absolute atomic E-state index is 0.341. The molecule has 5 nitrogen and oxygen atoms in total. The standard InChI is InChI=1S/C10H17F3N4O/c1-6(18-4)9-8(5-14-3)15-16-17(9)7(2)10(11,12)13/h6-7,14H,5H2,1-4H3. The molecule has 0 radical (unpaired) electrons. The van der Waals surface area contributed by atoms with E-state index in [9.17, 15) is 13.2 Å². The van der Waals surface area contributed by atoms with E-state index in [1.165, 1.54) is 7.11 Å². The third kappa shape index (κ3) is 2.99. The molecule has 0 aliphatic heterocycles. The van der Waals surface area contributed by atoms with Gasteiger partial charge in [-0.05, 0) is 20.9 Å². The van der Waals surface area contributed by atoms with E-state index in [1.54, 1.807) is 14.0 Å². The maximum Gasteiger partial charge on any atom is 0.410 e. The summed E-state index contributed by atoms with van der Waals surface area (Å²) in [5.41, 5.74) is 0.805. The normalized spacial score (nSPS) is 15.7. The molecule has 0 aliphatic rings. The molecule has 104 valence electrons. The second kappa shape index (κ2) is 5.66. The first-order chi connectivity index (χ1) is 8.32. The van der Waals surface area contributed by atoms with Gasteiger partial charge >= 0.3 is 6.18 Å². The molecule has 0 saturated heterocycles. The summed E-state index contributed by atoms with van der Waals surface area (Å²) in [7, 11) is 3.12. The van der Waals surface area contributed by atoms with Gasteiger partial charge in [0, 0.05) is 13.7 Å². The molecule has 1 N–H and O–H groups in total. The number of nitrogens with one attached hydrogen (secondary N) is 1. The van der Waals surface area contributed by atoms with Gasteiger partial charge in [-0.1, -0.05) is 5.21 Å². The molecule has 0 amide bonds. The van der Waals surface area contributed by atoms with Gasteiger partial charge in [-0.15, -0.1) is 5.10 Å². The van der Waals surface area contributed by atoms with Crippen molar-refractivity contribution in [3.8, 4) is 0 Å². The molecule has 1 aromatic heterocycles. The van der Waals surface area contributed by atoms with Crippen LogP contribution in [0, 0.1) is 0 Å². The lowest BCUT2D eigenvalue weighted by molar-refractivity contribution is -0.166. The van der Waals surface area contributed by atoms with Crippen molar-refractivity contribution in [2.24, 2.45) is 0 Å². The lowest BCUT2D eigenvalue weighted by Crippen LogP contribution is -2.27. The average Bonchev–Trinajstić information content (AvgIpc) is 2.70. The van der Waals surface area contributed by atoms with Crippen LogP contribution < -0.4 is 5.32 Å². The Kier molecular flexibility index (Phi) is 4.69. The summed E-state index contributed by atoms with van der Waals surface area (Å²) >= 11 is 0. The minimum Gasteiger partial charge on any atom is -0.375 e. The summed E-state index contributed by atoms with van der Waals surface area (Å²) in [5, 5.41) is 10.2. The first-order valence-electron chi connectivity index (χ1n) is 5.51. The third-order valence-electron chi connectivity index (χ3n) is 2.73. The van der Waals surface area contributed by atoms with Crippen LogP contribution in [-0.2, 0) is 11.3 Å². The average molecular weight is 266 g/mol. The fourth-order valence-electron chi connectivity index (χ4n) is 1.58. The van der Waals surface area contributed by atoms with Crippen molar-refractivity contribution in [2.75, 3.05) is 14.2 Å². The number of aromatic nitrogens is 3. The predicted molar refractivity (Wildman–Crippen MR) is 59.0 cm³/mol. The maximum atomic E-state index is 12.7. The molecule has 18 heavy (non-hydrogen) atoms. The van der Waals surface area contributed by atoms with Crippen molar-refractivity contribution in [1.29, 1.82) is 0 Å². The lowest BCUT2D eigenvalue weighted by Gasteiger charge is -2.20. The zero-order valence-corrected chi connectivity index (χ0v) is 10.7. The molecule has 0 aromatic carbocycles. The van der Waals surface area contributed by atoms with Crippen molar-refractivity contribution >= 4 is 0 Å². The van der Waals surface area contributed by atoms with Crippen LogP contribution >= 0.6 is 0 Å². The molecule has 2 unspecified atom stereocenters. The van der Waals surface area contributed by atoms with Gasteiger partial charge in [0.05, 0.1) is 11.8 Å². The van der Waals surface area contributed by atoms with Crippen molar-refractivity contribution in [3.05, 3.63) is 11.4 Å². The summed E-state index contributed by atoms with van der Waals surface area (Å²) in [6.45, 7) is 3.05. The molecule has 1 heterocycles. The van der Waals surface area contributed by atoms with Crippen molar-refractivity contribution in [2.45, 2.75) is 38.7 Å². The lowest BCUT2D eigenvalue weighted by atomic mass is 10.2. The van der Waals surface area contributed by atoms with E-state index in [2.05, 4.69) is 15.6 Å². The number of hydrogen-bond acceptors (Lipinski definition) is 4. The first kappa shape index (κ1) is 14.9. The second-order valence-electron chi connectivity index (χ2n) is 3.99. The third-order valence-corrected chi connectivity index (χ3v) is 2.73. The zero-order valence-electron chi connectivity index (χ0n) is 10.7. The van der Waals surface area contributed by atoms with Gasteiger partial charge in [0.2, 0.25) is 0 Å². The highest BCUT2D eigenvalue weighted by Crippen LogP contribution is 2.32. The van der Waals surface area contributed by atoms with E-state index in [-0.39, 0.29) is 0 Å². The molecule has 0 saturated carbocycles. The SMILES string of the molecule is CNCc1nnn(C(C)C(F)(F)F)c1C(C)OC. The van der Waals surface area contributed by atoms with E-state index >= 15 is 0 Å². The van der Waals surface area contributed by atoms with Crippen LogP contribution in [-0.4, -0.2) is 35.3 Å². The van der Waals surface area contributed by atoms with Crippen LogP contribution in [0.2, 0.25) is 0 Å². The largest absolute Gasteiger partial charge is 0.410 e. The topological polar surface area (TPSA) is 52.0 Å². The summed E-state index contributed by atoms with van der Waals surface area (Å²) < 4.78 is 44.2. The van der Waals surface area contributed by atoms with E-state index in [0.717, 1.165) is 11.6 Å². The number of methoxy groups -OCH3 is 1. The minimum atomic E-state index is -4.37.